The molecule has 1 amide bonds. The lowest BCUT2D eigenvalue weighted by molar-refractivity contribution is -0.125. The number of nitrogens with one attached hydrogen (secondary N) is 1. The molecule has 0 radical (unpaired) electrons. The van der Waals surface area contributed by atoms with Gasteiger partial charge in [0.05, 0.1) is 17.0 Å². The molecule has 1 fully saturated rings. The lowest BCUT2D eigenvalue weighted by atomic mass is 10.00. The summed E-state index contributed by atoms with van der Waals surface area (Å²) in [5, 5.41) is 0.880. The third kappa shape index (κ3) is 3.21. The Labute approximate surface area is 107 Å². The lowest BCUT2D eigenvalue weighted by Gasteiger charge is -2.30. The van der Waals surface area contributed by atoms with Crippen molar-refractivity contribution in [2.24, 2.45) is 5.92 Å². The second-order valence-corrected chi connectivity index (χ2v) is 8.83. The van der Waals surface area contributed by atoms with Crippen molar-refractivity contribution in [2.75, 3.05) is 11.5 Å². The van der Waals surface area contributed by atoms with Crippen LogP contribution in [0.1, 0.15) is 20.8 Å². The van der Waals surface area contributed by atoms with Crippen LogP contribution < -0.4 is 5.32 Å². The molecule has 0 bridgehead atoms. The first kappa shape index (κ1) is 15.4. The molecule has 0 aliphatic carbocycles. The minimum Gasteiger partial charge on any atom is -0.348 e. The van der Waals surface area contributed by atoms with Gasteiger partial charge in [-0.25, -0.2) is 8.42 Å². The lowest BCUT2D eigenvalue weighted by Crippen LogP contribution is -2.57. The molecule has 1 saturated heterocycles. The second kappa shape index (κ2) is 4.46. The zero-order valence-electron chi connectivity index (χ0n) is 10.4. The summed E-state index contributed by atoms with van der Waals surface area (Å²) in [6.07, 6.45) is 0. The molecule has 2 unspecified atom stereocenters. The van der Waals surface area contributed by atoms with Crippen molar-refractivity contribution in [3.8, 4) is 0 Å². The van der Waals surface area contributed by atoms with E-state index in [2.05, 4.69) is 5.32 Å². The Morgan fingerprint density at radius 1 is 1.44 bits per heavy atom. The van der Waals surface area contributed by atoms with Crippen LogP contribution >= 0.6 is 0 Å². The van der Waals surface area contributed by atoms with E-state index in [1.807, 2.05) is 0 Å². The molecule has 1 rings (SSSR count). The molecule has 18 heavy (non-hydrogen) atoms. The normalized spacial score (nSPS) is 31.5. The van der Waals surface area contributed by atoms with E-state index in [0.717, 1.165) is 0 Å². The number of hydrogen-bond donors (Lipinski definition) is 2. The molecule has 0 spiro atoms. The van der Waals surface area contributed by atoms with Crippen LogP contribution in [0.3, 0.4) is 0 Å². The number of hydrogen-bond acceptors (Lipinski definition) is 5. The first-order chi connectivity index (χ1) is 7.87. The SMILES string of the molecule is CC(C)C(=O)NC1(C)CS(=O)(=O)CC1S(=O)(=O)O. The van der Waals surface area contributed by atoms with Gasteiger partial charge in [-0.1, -0.05) is 13.8 Å². The minimum atomic E-state index is -4.55. The van der Waals surface area contributed by atoms with E-state index >= 15 is 0 Å². The van der Waals surface area contributed by atoms with Crippen LogP contribution in [-0.2, 0) is 24.7 Å². The molecule has 2 atom stereocenters. The first-order valence-corrected chi connectivity index (χ1v) is 8.68. The zero-order chi connectivity index (χ0) is 14.4. The summed E-state index contributed by atoms with van der Waals surface area (Å²) < 4.78 is 54.6. The largest absolute Gasteiger partial charge is 0.348 e. The van der Waals surface area contributed by atoms with E-state index in [4.69, 9.17) is 4.55 Å². The monoisotopic (exact) mass is 299 g/mol. The van der Waals surface area contributed by atoms with Crippen molar-refractivity contribution in [2.45, 2.75) is 31.6 Å². The van der Waals surface area contributed by atoms with Gasteiger partial charge < -0.3 is 5.32 Å². The van der Waals surface area contributed by atoms with Gasteiger partial charge in [0.25, 0.3) is 10.1 Å². The van der Waals surface area contributed by atoms with Gasteiger partial charge in [0.15, 0.2) is 9.84 Å². The average molecular weight is 299 g/mol. The molecular formula is C9H17NO6S2. The summed E-state index contributed by atoms with van der Waals surface area (Å²) >= 11 is 0. The number of carbonyl (C=O) groups excluding carboxylic acids is 1. The molecule has 2 N–H and O–H groups in total. The van der Waals surface area contributed by atoms with Crippen molar-refractivity contribution >= 4 is 25.9 Å². The quantitative estimate of drug-likeness (QED) is 0.659. The Balaban J connectivity index is 3.14. The Bertz CT molecular complexity index is 550. The summed E-state index contributed by atoms with van der Waals surface area (Å²) in [5.74, 6) is -2.04. The Morgan fingerprint density at radius 3 is 2.33 bits per heavy atom. The highest BCUT2D eigenvalue weighted by atomic mass is 32.2. The number of sulfone groups is 1. The van der Waals surface area contributed by atoms with Gasteiger partial charge in [-0.3, -0.25) is 9.35 Å². The molecule has 1 aliphatic heterocycles. The average Bonchev–Trinajstić information content (AvgIpc) is 2.34. The van der Waals surface area contributed by atoms with Gasteiger partial charge in [-0.2, -0.15) is 8.42 Å². The molecule has 7 nitrogen and oxygen atoms in total. The fourth-order valence-electron chi connectivity index (χ4n) is 1.98. The van der Waals surface area contributed by atoms with Gasteiger partial charge in [0.2, 0.25) is 5.91 Å². The predicted molar refractivity (Wildman–Crippen MR) is 65.4 cm³/mol. The maximum Gasteiger partial charge on any atom is 0.271 e. The van der Waals surface area contributed by atoms with Crippen LogP contribution in [0.2, 0.25) is 0 Å². The number of amides is 1. The van der Waals surface area contributed by atoms with Crippen LogP contribution in [0.5, 0.6) is 0 Å². The molecule has 9 heteroatoms. The molecule has 1 heterocycles. The van der Waals surface area contributed by atoms with Crippen LogP contribution in [0.25, 0.3) is 0 Å². The number of rotatable bonds is 3. The van der Waals surface area contributed by atoms with Gasteiger partial charge in [0.1, 0.15) is 5.25 Å². The van der Waals surface area contributed by atoms with Gasteiger partial charge >= 0.3 is 0 Å². The Kier molecular flexibility index (Phi) is 3.81. The van der Waals surface area contributed by atoms with Crippen LogP contribution in [0, 0.1) is 5.92 Å². The first-order valence-electron chi connectivity index (χ1n) is 5.36. The molecule has 0 saturated carbocycles. The van der Waals surface area contributed by atoms with E-state index in [9.17, 15) is 21.6 Å². The highest BCUT2D eigenvalue weighted by molar-refractivity contribution is 7.94. The topological polar surface area (TPSA) is 118 Å². The highest BCUT2D eigenvalue weighted by Crippen LogP contribution is 2.29. The summed E-state index contributed by atoms with van der Waals surface area (Å²) in [5.41, 5.74) is -1.49. The summed E-state index contributed by atoms with van der Waals surface area (Å²) in [6.45, 7) is 4.52. The summed E-state index contributed by atoms with van der Waals surface area (Å²) in [7, 11) is -8.16. The molecule has 0 aromatic rings. The molecule has 0 aromatic carbocycles. The van der Waals surface area contributed by atoms with Gasteiger partial charge in [0, 0.05) is 5.92 Å². The fraction of sp³-hybridized carbons (Fsp3) is 0.889. The smallest absolute Gasteiger partial charge is 0.271 e. The fourth-order valence-corrected chi connectivity index (χ4v) is 6.33. The van der Waals surface area contributed by atoms with Crippen molar-refractivity contribution in [1.29, 1.82) is 0 Å². The van der Waals surface area contributed by atoms with Gasteiger partial charge in [-0.15, -0.1) is 0 Å². The van der Waals surface area contributed by atoms with E-state index in [-0.39, 0.29) is 0 Å². The third-order valence-corrected chi connectivity index (χ3v) is 6.43. The van der Waals surface area contributed by atoms with Crippen LogP contribution in [0.4, 0.5) is 0 Å². The second-order valence-electron chi connectivity index (χ2n) is 5.12. The molecule has 106 valence electrons. The van der Waals surface area contributed by atoms with E-state index in [0.29, 0.717) is 0 Å². The Morgan fingerprint density at radius 2 is 1.94 bits per heavy atom. The molecule has 1 aliphatic rings. The minimum absolute atomic E-state index is 0.410. The van der Waals surface area contributed by atoms with Crippen molar-refractivity contribution in [3.63, 3.8) is 0 Å². The maximum absolute atomic E-state index is 11.6. The van der Waals surface area contributed by atoms with E-state index in [1.165, 1.54) is 6.92 Å². The number of carbonyl (C=O) groups is 1. The van der Waals surface area contributed by atoms with Crippen molar-refractivity contribution < 1.29 is 26.2 Å². The Hall–Kier alpha value is -0.670. The van der Waals surface area contributed by atoms with Crippen LogP contribution in [-0.4, -0.2) is 49.6 Å². The molecule has 0 aromatic heterocycles. The van der Waals surface area contributed by atoms with Crippen molar-refractivity contribution in [1.82, 2.24) is 5.32 Å². The van der Waals surface area contributed by atoms with E-state index < -0.39 is 54.1 Å². The predicted octanol–water partition coefficient (Wildman–Crippen LogP) is -0.798. The maximum atomic E-state index is 11.6. The summed E-state index contributed by atoms with van der Waals surface area (Å²) in [6, 6.07) is 0. The highest BCUT2D eigenvalue weighted by Gasteiger charge is 2.54. The van der Waals surface area contributed by atoms with Crippen molar-refractivity contribution in [3.05, 3.63) is 0 Å². The zero-order valence-corrected chi connectivity index (χ0v) is 12.0. The standard InChI is InChI=1S/C9H17NO6S2/c1-6(2)8(11)10-9(3)5-17(12,13)4-7(9)18(14,15)16/h6-7H,4-5H2,1-3H3,(H,10,11)(H,14,15,16). The summed E-state index contributed by atoms with van der Waals surface area (Å²) in [4.78, 5) is 11.6. The van der Waals surface area contributed by atoms with Crippen LogP contribution in [0.15, 0.2) is 0 Å². The van der Waals surface area contributed by atoms with E-state index in [1.54, 1.807) is 13.8 Å². The third-order valence-electron chi connectivity index (χ3n) is 2.93. The van der Waals surface area contributed by atoms with Gasteiger partial charge in [-0.05, 0) is 6.92 Å². The molecular weight excluding hydrogens is 282 g/mol.